The minimum absolute atomic E-state index is 0.105. The van der Waals surface area contributed by atoms with Crippen molar-refractivity contribution in [2.75, 3.05) is 19.6 Å². The quantitative estimate of drug-likeness (QED) is 0.742. The Morgan fingerprint density at radius 2 is 1.96 bits per heavy atom. The maximum Gasteiger partial charge on any atom is 0.253 e. The summed E-state index contributed by atoms with van der Waals surface area (Å²) in [5.41, 5.74) is 2.66. The van der Waals surface area contributed by atoms with E-state index in [1.165, 1.54) is 0 Å². The van der Waals surface area contributed by atoms with E-state index in [2.05, 4.69) is 25.1 Å². The van der Waals surface area contributed by atoms with E-state index in [1.54, 1.807) is 0 Å². The number of aromatic nitrogens is 4. The second-order valence-electron chi connectivity index (χ2n) is 7.73. The summed E-state index contributed by atoms with van der Waals surface area (Å²) in [5, 5.41) is 13.1. The van der Waals surface area contributed by atoms with Gasteiger partial charge in [-0.25, -0.2) is 0 Å². The van der Waals surface area contributed by atoms with Gasteiger partial charge in [0.1, 0.15) is 11.6 Å². The molecule has 5 rings (SSSR count). The van der Waals surface area contributed by atoms with E-state index < -0.39 is 0 Å². The summed E-state index contributed by atoms with van der Waals surface area (Å²) in [4.78, 5) is 19.5. The summed E-state index contributed by atoms with van der Waals surface area (Å²) in [5.74, 6) is 2.61. The van der Waals surface area contributed by atoms with Crippen LogP contribution in [0.25, 0.3) is 10.9 Å². The molecule has 28 heavy (non-hydrogen) atoms. The Hall–Kier alpha value is -2.80. The predicted molar refractivity (Wildman–Crippen MR) is 106 cm³/mol. The molecule has 1 saturated heterocycles. The maximum atomic E-state index is 13.0. The number of carbonyl (C=O) groups excluding carboxylic acids is 1. The Bertz CT molecular complexity index is 1030. The van der Waals surface area contributed by atoms with Gasteiger partial charge in [-0.2, -0.15) is 0 Å². The molecule has 0 bridgehead atoms. The first-order valence-electron chi connectivity index (χ1n) is 9.98. The number of rotatable bonds is 2. The molecule has 0 radical (unpaired) electrons. The van der Waals surface area contributed by atoms with Gasteiger partial charge in [0, 0.05) is 48.7 Å². The van der Waals surface area contributed by atoms with Crippen LogP contribution in [0.15, 0.2) is 30.3 Å². The highest BCUT2D eigenvalue weighted by Crippen LogP contribution is 2.29. The highest BCUT2D eigenvalue weighted by atomic mass is 16.2. The fraction of sp³-hybridized carbons (Fsp3) is 0.429. The molecule has 2 aromatic heterocycles. The van der Waals surface area contributed by atoms with Crippen molar-refractivity contribution in [3.63, 3.8) is 0 Å². The van der Waals surface area contributed by atoms with Gasteiger partial charge >= 0.3 is 0 Å². The molecule has 7 heteroatoms. The first-order chi connectivity index (χ1) is 13.7. The van der Waals surface area contributed by atoms with Gasteiger partial charge in [0.05, 0.1) is 12.1 Å². The molecule has 1 fully saturated rings. The molecule has 0 atom stereocenters. The van der Waals surface area contributed by atoms with E-state index in [9.17, 15) is 4.79 Å². The predicted octanol–water partition coefficient (Wildman–Crippen LogP) is 2.26. The van der Waals surface area contributed by atoms with Crippen LogP contribution in [0.5, 0.6) is 0 Å². The van der Waals surface area contributed by atoms with Crippen LogP contribution in [0.1, 0.15) is 46.5 Å². The summed E-state index contributed by atoms with van der Waals surface area (Å²) >= 11 is 0. The van der Waals surface area contributed by atoms with Gasteiger partial charge in [-0.05, 0) is 44.0 Å². The van der Waals surface area contributed by atoms with Crippen LogP contribution >= 0.6 is 0 Å². The third-order valence-corrected chi connectivity index (χ3v) is 5.87. The second kappa shape index (κ2) is 6.98. The standard InChI is InChI=1S/C21H24N6O/c1-14-2-3-16-12-17(4-5-18(16)23-14)21(28)26-9-6-15(7-10-26)20-25-24-19-13-22-8-11-27(19)20/h2-5,12,15,22H,6-11,13H2,1H3. The van der Waals surface area contributed by atoms with Gasteiger partial charge in [-0.3, -0.25) is 9.78 Å². The van der Waals surface area contributed by atoms with Gasteiger partial charge in [0.2, 0.25) is 0 Å². The molecule has 2 aliphatic heterocycles. The van der Waals surface area contributed by atoms with Crippen molar-refractivity contribution in [2.24, 2.45) is 0 Å². The number of amides is 1. The smallest absolute Gasteiger partial charge is 0.253 e. The zero-order chi connectivity index (χ0) is 19.1. The Kier molecular flexibility index (Phi) is 4.31. The van der Waals surface area contributed by atoms with Crippen LogP contribution in [0, 0.1) is 6.92 Å². The Morgan fingerprint density at radius 3 is 2.82 bits per heavy atom. The number of aryl methyl sites for hydroxylation is 1. The summed E-state index contributed by atoms with van der Waals surface area (Å²) in [6.07, 6.45) is 1.87. The monoisotopic (exact) mass is 376 g/mol. The van der Waals surface area contributed by atoms with E-state index >= 15 is 0 Å². The van der Waals surface area contributed by atoms with Crippen molar-refractivity contribution in [1.82, 2.24) is 30.0 Å². The lowest BCUT2D eigenvalue weighted by atomic mass is 9.95. The van der Waals surface area contributed by atoms with Gasteiger partial charge in [-0.1, -0.05) is 6.07 Å². The largest absolute Gasteiger partial charge is 0.339 e. The molecule has 4 heterocycles. The average molecular weight is 376 g/mol. The van der Waals surface area contributed by atoms with E-state index in [-0.39, 0.29) is 5.91 Å². The van der Waals surface area contributed by atoms with Crippen molar-refractivity contribution in [3.05, 3.63) is 53.2 Å². The molecule has 144 valence electrons. The lowest BCUT2D eigenvalue weighted by Crippen LogP contribution is -2.38. The van der Waals surface area contributed by atoms with Gasteiger partial charge in [-0.15, -0.1) is 10.2 Å². The van der Waals surface area contributed by atoms with Crippen LogP contribution < -0.4 is 5.32 Å². The molecule has 3 aromatic rings. The molecule has 2 aliphatic rings. The van der Waals surface area contributed by atoms with Crippen LogP contribution in [-0.4, -0.2) is 50.2 Å². The molecular formula is C21H24N6O. The number of hydrogen-bond donors (Lipinski definition) is 1. The summed E-state index contributed by atoms with van der Waals surface area (Å²) < 4.78 is 2.26. The highest BCUT2D eigenvalue weighted by Gasteiger charge is 2.29. The SMILES string of the molecule is Cc1ccc2cc(C(=O)N3CCC(c4nnc5n4CCNC5)CC3)ccc2n1. The third kappa shape index (κ3) is 3.05. The summed E-state index contributed by atoms with van der Waals surface area (Å²) in [6, 6.07) is 9.81. The molecule has 1 amide bonds. The summed E-state index contributed by atoms with van der Waals surface area (Å²) in [7, 11) is 0. The lowest BCUT2D eigenvalue weighted by Gasteiger charge is -2.32. The van der Waals surface area contributed by atoms with Crippen molar-refractivity contribution in [2.45, 2.75) is 38.8 Å². The van der Waals surface area contributed by atoms with Crippen LogP contribution in [0.4, 0.5) is 0 Å². The van der Waals surface area contributed by atoms with Crippen LogP contribution in [-0.2, 0) is 13.1 Å². The van der Waals surface area contributed by atoms with Crippen molar-refractivity contribution in [3.8, 4) is 0 Å². The minimum atomic E-state index is 0.105. The molecule has 1 aromatic carbocycles. The molecule has 0 aliphatic carbocycles. The van der Waals surface area contributed by atoms with E-state index in [0.29, 0.717) is 5.92 Å². The van der Waals surface area contributed by atoms with Crippen molar-refractivity contribution < 1.29 is 4.79 Å². The maximum absolute atomic E-state index is 13.0. The Morgan fingerprint density at radius 1 is 1.11 bits per heavy atom. The molecule has 7 nitrogen and oxygen atoms in total. The fourth-order valence-corrected chi connectivity index (χ4v) is 4.30. The molecule has 1 N–H and O–H groups in total. The van der Waals surface area contributed by atoms with Gasteiger partial charge in [0.25, 0.3) is 5.91 Å². The Labute approximate surface area is 163 Å². The molecule has 0 spiro atoms. The van der Waals surface area contributed by atoms with Crippen molar-refractivity contribution >= 4 is 16.8 Å². The average Bonchev–Trinajstić information content (AvgIpc) is 3.17. The number of nitrogens with one attached hydrogen (secondary N) is 1. The third-order valence-electron chi connectivity index (χ3n) is 5.87. The van der Waals surface area contributed by atoms with Crippen LogP contribution in [0.2, 0.25) is 0 Å². The normalized spacial score (nSPS) is 17.7. The van der Waals surface area contributed by atoms with Gasteiger partial charge < -0.3 is 14.8 Å². The van der Waals surface area contributed by atoms with E-state index in [4.69, 9.17) is 0 Å². The number of pyridine rings is 1. The van der Waals surface area contributed by atoms with E-state index in [1.807, 2.05) is 42.2 Å². The second-order valence-corrected chi connectivity index (χ2v) is 7.73. The number of carbonyl (C=O) groups is 1. The van der Waals surface area contributed by atoms with E-state index in [0.717, 1.165) is 79.4 Å². The number of nitrogens with zero attached hydrogens (tertiary/aromatic N) is 5. The summed E-state index contributed by atoms with van der Waals surface area (Å²) in [6.45, 7) is 6.18. The first-order valence-corrected chi connectivity index (χ1v) is 9.98. The number of fused-ring (bicyclic) bond motifs is 2. The first kappa shape index (κ1) is 17.3. The number of benzene rings is 1. The fourth-order valence-electron chi connectivity index (χ4n) is 4.30. The zero-order valence-corrected chi connectivity index (χ0v) is 16.1. The Balaban J connectivity index is 1.29. The minimum Gasteiger partial charge on any atom is -0.339 e. The van der Waals surface area contributed by atoms with Crippen LogP contribution in [0.3, 0.4) is 0 Å². The topological polar surface area (TPSA) is 75.9 Å². The number of likely N-dealkylation sites (tertiary alicyclic amines) is 1. The lowest BCUT2D eigenvalue weighted by molar-refractivity contribution is 0.0710. The number of hydrogen-bond acceptors (Lipinski definition) is 5. The molecule has 0 saturated carbocycles. The van der Waals surface area contributed by atoms with Crippen molar-refractivity contribution in [1.29, 1.82) is 0 Å². The van der Waals surface area contributed by atoms with Gasteiger partial charge in [0.15, 0.2) is 0 Å². The number of piperidine rings is 1. The zero-order valence-electron chi connectivity index (χ0n) is 16.1. The highest BCUT2D eigenvalue weighted by molar-refractivity contribution is 5.98. The molecular weight excluding hydrogens is 352 g/mol. The molecule has 0 unspecified atom stereocenters.